The van der Waals surface area contributed by atoms with Gasteiger partial charge in [0.25, 0.3) is 0 Å². The number of nitrogens with two attached hydrogens (primary N) is 1. The van der Waals surface area contributed by atoms with Gasteiger partial charge in [-0.25, -0.2) is 18.1 Å². The van der Waals surface area contributed by atoms with Crippen LogP contribution in [-0.4, -0.2) is 14.3 Å². The Morgan fingerprint density at radius 1 is 1.04 bits per heavy atom. The highest BCUT2D eigenvalue weighted by Crippen LogP contribution is 2.08. The highest BCUT2D eigenvalue weighted by Gasteiger charge is 2.07. The van der Waals surface area contributed by atoms with Crippen LogP contribution in [0.25, 0.3) is 0 Å². The molecule has 0 unspecified atom stereocenters. The maximum absolute atomic E-state index is 11.8. The molecule has 128 valence electrons. The number of rotatable bonds is 8. The zero-order chi connectivity index (χ0) is 17.4. The number of unbranched alkanes of at least 4 members (excludes halogenated alkanes) is 1. The minimum Gasteiger partial charge on any atom is -0.352 e. The number of benzene rings is 1. The largest absolute Gasteiger partial charge is 0.352 e. The Bertz CT molecular complexity index is 759. The number of nitrogens with one attached hydrogen (secondary N) is 1. The van der Waals surface area contributed by atoms with Crippen LogP contribution in [0.3, 0.4) is 0 Å². The second kappa shape index (κ2) is 8.56. The van der Waals surface area contributed by atoms with Crippen LogP contribution in [0.5, 0.6) is 0 Å². The molecule has 0 aliphatic rings. The van der Waals surface area contributed by atoms with Gasteiger partial charge in [0.15, 0.2) is 12.4 Å². The number of amides is 1. The van der Waals surface area contributed by atoms with E-state index in [1.165, 1.54) is 12.1 Å². The number of nitrogens with zero attached hydrogens (tertiary/aromatic N) is 1. The van der Waals surface area contributed by atoms with Gasteiger partial charge < -0.3 is 5.32 Å². The van der Waals surface area contributed by atoms with Crippen molar-refractivity contribution in [3.8, 4) is 0 Å². The fraction of sp³-hybridized carbons (Fsp3) is 0.294. The van der Waals surface area contributed by atoms with Crippen LogP contribution in [0.15, 0.2) is 59.8 Å². The molecule has 2 aromatic rings. The second-order valence-electron chi connectivity index (χ2n) is 5.54. The molecule has 0 aliphatic heterocycles. The van der Waals surface area contributed by atoms with E-state index < -0.39 is 10.0 Å². The SMILES string of the molecule is NS(=O)(=O)c1ccc(CNC(=O)CCCC[n+]2ccccc2)cc1. The molecule has 2 rings (SSSR count). The summed E-state index contributed by atoms with van der Waals surface area (Å²) in [5.74, 6) is -0.0106. The van der Waals surface area contributed by atoms with E-state index in [-0.39, 0.29) is 10.8 Å². The average Bonchev–Trinajstić information content (AvgIpc) is 2.57. The van der Waals surface area contributed by atoms with Gasteiger partial charge in [-0.3, -0.25) is 4.79 Å². The van der Waals surface area contributed by atoms with Gasteiger partial charge in [-0.1, -0.05) is 18.2 Å². The molecule has 1 amide bonds. The van der Waals surface area contributed by atoms with E-state index >= 15 is 0 Å². The third-order valence-corrected chi connectivity index (χ3v) is 4.52. The zero-order valence-corrected chi connectivity index (χ0v) is 14.2. The quantitative estimate of drug-likeness (QED) is 0.553. The van der Waals surface area contributed by atoms with Crippen LogP contribution in [0.2, 0.25) is 0 Å². The van der Waals surface area contributed by atoms with Crippen LogP contribution in [0.1, 0.15) is 24.8 Å². The van der Waals surface area contributed by atoms with Gasteiger partial charge >= 0.3 is 0 Å². The molecule has 0 spiro atoms. The van der Waals surface area contributed by atoms with Gasteiger partial charge in [-0.15, -0.1) is 0 Å². The molecule has 3 N–H and O–H groups in total. The first-order valence-corrected chi connectivity index (χ1v) is 9.32. The van der Waals surface area contributed by atoms with E-state index in [4.69, 9.17) is 5.14 Å². The van der Waals surface area contributed by atoms with Crippen LogP contribution < -0.4 is 15.0 Å². The maximum atomic E-state index is 11.8. The Labute approximate surface area is 142 Å². The molecule has 1 aromatic heterocycles. The van der Waals surface area contributed by atoms with Crippen molar-refractivity contribution in [3.63, 3.8) is 0 Å². The van der Waals surface area contributed by atoms with Crippen molar-refractivity contribution in [2.75, 3.05) is 0 Å². The number of aryl methyl sites for hydroxylation is 1. The molecule has 1 aromatic carbocycles. The lowest BCUT2D eigenvalue weighted by molar-refractivity contribution is -0.697. The van der Waals surface area contributed by atoms with Gasteiger partial charge in [0.2, 0.25) is 15.9 Å². The van der Waals surface area contributed by atoms with Gasteiger partial charge in [-0.2, -0.15) is 0 Å². The van der Waals surface area contributed by atoms with Crippen LogP contribution >= 0.6 is 0 Å². The van der Waals surface area contributed by atoms with Crippen LogP contribution in [-0.2, 0) is 27.9 Å². The summed E-state index contributed by atoms with van der Waals surface area (Å²) in [6.07, 6.45) is 6.24. The molecule has 0 saturated heterocycles. The van der Waals surface area contributed by atoms with Gasteiger partial charge in [-0.05, 0) is 24.1 Å². The number of aromatic nitrogens is 1. The summed E-state index contributed by atoms with van der Waals surface area (Å²) in [5, 5.41) is 7.87. The van der Waals surface area contributed by atoms with Crippen LogP contribution in [0, 0.1) is 0 Å². The number of hydrogen-bond acceptors (Lipinski definition) is 3. The lowest BCUT2D eigenvalue weighted by Crippen LogP contribution is -2.32. The lowest BCUT2D eigenvalue weighted by Gasteiger charge is -2.06. The highest BCUT2D eigenvalue weighted by atomic mass is 32.2. The van der Waals surface area contributed by atoms with E-state index in [0.717, 1.165) is 24.9 Å². The first-order valence-electron chi connectivity index (χ1n) is 7.78. The minimum atomic E-state index is -3.68. The molecule has 0 aliphatic carbocycles. The van der Waals surface area contributed by atoms with E-state index in [1.807, 2.05) is 30.6 Å². The van der Waals surface area contributed by atoms with Crippen molar-refractivity contribution in [3.05, 3.63) is 60.4 Å². The summed E-state index contributed by atoms with van der Waals surface area (Å²) in [4.78, 5) is 11.9. The summed E-state index contributed by atoms with van der Waals surface area (Å²) in [6.45, 7) is 1.26. The van der Waals surface area contributed by atoms with Crippen LogP contribution in [0.4, 0.5) is 0 Å². The number of pyridine rings is 1. The minimum absolute atomic E-state index is 0.0106. The predicted octanol–water partition coefficient (Wildman–Crippen LogP) is 1.11. The molecule has 0 bridgehead atoms. The van der Waals surface area contributed by atoms with Crippen molar-refractivity contribution in [2.24, 2.45) is 5.14 Å². The standard InChI is InChI=1S/C17H21N3O3S/c18-24(22,23)16-9-7-15(8-10-16)14-19-17(21)6-2-5-13-20-11-3-1-4-12-20/h1,3-4,7-12H,2,5-6,13-14H2,(H2-,18,19,21,22,23)/p+1. The predicted molar refractivity (Wildman–Crippen MR) is 90.1 cm³/mol. The van der Waals surface area contributed by atoms with Gasteiger partial charge in [0, 0.05) is 31.5 Å². The molecule has 0 saturated carbocycles. The smallest absolute Gasteiger partial charge is 0.238 e. The molecule has 6 nitrogen and oxygen atoms in total. The Hall–Kier alpha value is -2.25. The van der Waals surface area contributed by atoms with Crippen molar-refractivity contribution in [1.82, 2.24) is 5.32 Å². The normalized spacial score (nSPS) is 11.2. The summed E-state index contributed by atoms with van der Waals surface area (Å²) < 4.78 is 24.4. The molecular formula is C17H22N3O3S+. The molecule has 0 fully saturated rings. The summed E-state index contributed by atoms with van der Waals surface area (Å²) in [5.41, 5.74) is 0.829. The Morgan fingerprint density at radius 3 is 2.33 bits per heavy atom. The second-order valence-corrected chi connectivity index (χ2v) is 7.10. The molecule has 24 heavy (non-hydrogen) atoms. The van der Waals surface area contributed by atoms with Gasteiger partial charge in [0.1, 0.15) is 6.54 Å². The van der Waals surface area contributed by atoms with Gasteiger partial charge in [0.05, 0.1) is 4.90 Å². The monoisotopic (exact) mass is 348 g/mol. The fourth-order valence-electron chi connectivity index (χ4n) is 2.25. The number of sulfonamides is 1. The topological polar surface area (TPSA) is 93.1 Å². The number of hydrogen-bond donors (Lipinski definition) is 2. The third-order valence-electron chi connectivity index (χ3n) is 3.59. The fourth-order valence-corrected chi connectivity index (χ4v) is 2.76. The zero-order valence-electron chi connectivity index (χ0n) is 13.4. The molecule has 0 atom stereocenters. The Morgan fingerprint density at radius 2 is 1.71 bits per heavy atom. The Kier molecular flexibility index (Phi) is 6.45. The number of carbonyl (C=O) groups is 1. The first kappa shape index (κ1) is 18.1. The number of primary sulfonamides is 1. The summed E-state index contributed by atoms with van der Waals surface area (Å²) in [6, 6.07) is 12.1. The van der Waals surface area contributed by atoms with Crippen molar-refractivity contribution in [1.29, 1.82) is 0 Å². The third kappa shape index (κ3) is 6.10. The summed E-state index contributed by atoms with van der Waals surface area (Å²) in [7, 11) is -3.68. The molecule has 0 radical (unpaired) electrons. The highest BCUT2D eigenvalue weighted by molar-refractivity contribution is 7.89. The van der Waals surface area contributed by atoms with Crippen molar-refractivity contribution in [2.45, 2.75) is 37.2 Å². The molecule has 7 heteroatoms. The summed E-state index contributed by atoms with van der Waals surface area (Å²) >= 11 is 0. The van der Waals surface area contributed by atoms with Crippen molar-refractivity contribution < 1.29 is 17.8 Å². The molecular weight excluding hydrogens is 326 g/mol. The number of carbonyl (C=O) groups excluding carboxylic acids is 1. The Balaban J connectivity index is 1.67. The van der Waals surface area contributed by atoms with Crippen molar-refractivity contribution >= 4 is 15.9 Å². The first-order chi connectivity index (χ1) is 11.4. The van der Waals surface area contributed by atoms with E-state index in [9.17, 15) is 13.2 Å². The van der Waals surface area contributed by atoms with E-state index in [0.29, 0.717) is 13.0 Å². The lowest BCUT2D eigenvalue weighted by atomic mass is 10.2. The van der Waals surface area contributed by atoms with E-state index in [1.54, 1.807) is 12.1 Å². The van der Waals surface area contributed by atoms with E-state index in [2.05, 4.69) is 9.88 Å². The maximum Gasteiger partial charge on any atom is 0.238 e. The average molecular weight is 348 g/mol. The molecule has 1 heterocycles.